The van der Waals surface area contributed by atoms with Crippen molar-refractivity contribution < 1.29 is 22.3 Å². The Labute approximate surface area is 189 Å². The highest BCUT2D eigenvalue weighted by atomic mass is 32.2. The molecule has 2 N–H and O–H groups in total. The van der Waals surface area contributed by atoms with E-state index < -0.39 is 15.7 Å². The topological polar surface area (TPSA) is 114 Å². The van der Waals surface area contributed by atoms with Crippen molar-refractivity contribution in [2.24, 2.45) is 0 Å². The molecule has 0 fully saturated rings. The standard InChI is InChI=1S/C23H21FN4O4S/c1-2-9-32-21-8-7-19(11-20(21)24)33(30,31)18-5-3-15(4-6-18)12-26-23(29)17-10-16-14-27-28-22(16)25-13-17/h3-8,10-11,13-14H,2,9,12H2,1H3,(H,26,29)(H,25,27,28). The lowest BCUT2D eigenvalue weighted by molar-refractivity contribution is 0.0950. The Morgan fingerprint density at radius 3 is 2.58 bits per heavy atom. The zero-order valence-electron chi connectivity index (χ0n) is 17.7. The Bertz CT molecular complexity index is 1400. The highest BCUT2D eigenvalue weighted by molar-refractivity contribution is 7.91. The fraction of sp³-hybridized carbons (Fsp3) is 0.174. The minimum atomic E-state index is -3.91. The van der Waals surface area contributed by atoms with Crippen molar-refractivity contribution in [1.29, 1.82) is 0 Å². The molecule has 4 rings (SSSR count). The van der Waals surface area contributed by atoms with Crippen LogP contribution in [-0.4, -0.2) is 36.1 Å². The lowest BCUT2D eigenvalue weighted by Gasteiger charge is -2.10. The molecule has 4 aromatic rings. The SMILES string of the molecule is CCCOc1ccc(S(=O)(=O)c2ccc(CNC(=O)c3cnc4[nH]ncc4c3)cc2)cc1F. The zero-order valence-corrected chi connectivity index (χ0v) is 18.5. The largest absolute Gasteiger partial charge is 0.491 e. The summed E-state index contributed by atoms with van der Waals surface area (Å²) in [4.78, 5) is 16.4. The average Bonchev–Trinajstić information content (AvgIpc) is 3.30. The number of hydrogen-bond acceptors (Lipinski definition) is 6. The molecule has 0 aliphatic rings. The lowest BCUT2D eigenvalue weighted by atomic mass is 10.2. The normalized spacial score (nSPS) is 11.5. The van der Waals surface area contributed by atoms with E-state index in [1.165, 1.54) is 30.5 Å². The van der Waals surface area contributed by atoms with Gasteiger partial charge in [0.2, 0.25) is 9.84 Å². The monoisotopic (exact) mass is 468 g/mol. The number of halogens is 1. The van der Waals surface area contributed by atoms with Crippen LogP contribution in [0.1, 0.15) is 29.3 Å². The van der Waals surface area contributed by atoms with Crippen LogP contribution in [-0.2, 0) is 16.4 Å². The van der Waals surface area contributed by atoms with E-state index in [2.05, 4.69) is 20.5 Å². The van der Waals surface area contributed by atoms with E-state index >= 15 is 0 Å². The van der Waals surface area contributed by atoms with E-state index in [0.717, 1.165) is 11.5 Å². The number of pyridine rings is 1. The second-order valence-electron chi connectivity index (χ2n) is 7.30. The maximum atomic E-state index is 14.2. The number of aromatic nitrogens is 3. The van der Waals surface area contributed by atoms with Crippen LogP contribution in [0.5, 0.6) is 5.75 Å². The fourth-order valence-electron chi connectivity index (χ4n) is 3.15. The third-order valence-corrected chi connectivity index (χ3v) is 6.68. The molecule has 1 amide bonds. The first-order valence-corrected chi connectivity index (χ1v) is 11.7. The zero-order chi connectivity index (χ0) is 23.4. The molecule has 33 heavy (non-hydrogen) atoms. The second kappa shape index (κ2) is 9.37. The van der Waals surface area contributed by atoms with E-state index in [-0.39, 0.29) is 28.0 Å². The van der Waals surface area contributed by atoms with E-state index in [9.17, 15) is 17.6 Å². The molecule has 0 radical (unpaired) electrons. The number of rotatable bonds is 8. The average molecular weight is 469 g/mol. The van der Waals surface area contributed by atoms with Crippen molar-refractivity contribution in [1.82, 2.24) is 20.5 Å². The molecule has 0 spiro atoms. The number of fused-ring (bicyclic) bond motifs is 1. The molecule has 8 nitrogen and oxygen atoms in total. The highest BCUT2D eigenvalue weighted by Crippen LogP contribution is 2.26. The van der Waals surface area contributed by atoms with Gasteiger partial charge in [-0.25, -0.2) is 17.8 Å². The fourth-order valence-corrected chi connectivity index (χ4v) is 4.42. The van der Waals surface area contributed by atoms with Crippen molar-refractivity contribution in [3.8, 4) is 5.75 Å². The Hall–Kier alpha value is -3.79. The summed E-state index contributed by atoms with van der Waals surface area (Å²) < 4.78 is 45.2. The molecule has 170 valence electrons. The van der Waals surface area contributed by atoms with E-state index in [4.69, 9.17) is 4.74 Å². The van der Waals surface area contributed by atoms with Gasteiger partial charge >= 0.3 is 0 Å². The van der Waals surface area contributed by atoms with Crippen LogP contribution in [0, 0.1) is 5.82 Å². The van der Waals surface area contributed by atoms with Gasteiger partial charge in [0.25, 0.3) is 5.91 Å². The van der Waals surface area contributed by atoms with Gasteiger partial charge in [-0.2, -0.15) is 5.10 Å². The summed E-state index contributed by atoms with van der Waals surface area (Å²) in [6.07, 6.45) is 3.74. The first-order chi connectivity index (χ1) is 15.9. The second-order valence-corrected chi connectivity index (χ2v) is 9.25. The van der Waals surface area contributed by atoms with Crippen molar-refractivity contribution >= 4 is 26.8 Å². The van der Waals surface area contributed by atoms with Gasteiger partial charge in [0.05, 0.1) is 28.2 Å². The van der Waals surface area contributed by atoms with E-state index in [1.807, 2.05) is 6.92 Å². The molecule has 0 saturated carbocycles. The predicted molar refractivity (Wildman–Crippen MR) is 119 cm³/mol. The highest BCUT2D eigenvalue weighted by Gasteiger charge is 2.20. The number of H-pyrrole nitrogens is 1. The van der Waals surface area contributed by atoms with Gasteiger partial charge in [0.1, 0.15) is 0 Å². The van der Waals surface area contributed by atoms with Gasteiger partial charge in [0.15, 0.2) is 17.2 Å². The number of ether oxygens (including phenoxy) is 1. The third-order valence-electron chi connectivity index (χ3n) is 4.92. The molecule has 0 atom stereocenters. The minimum Gasteiger partial charge on any atom is -0.491 e. The molecule has 0 unspecified atom stereocenters. The number of carbonyl (C=O) groups excluding carboxylic acids is 1. The van der Waals surface area contributed by atoms with Gasteiger partial charge in [-0.15, -0.1) is 0 Å². The summed E-state index contributed by atoms with van der Waals surface area (Å²) >= 11 is 0. The molecular weight excluding hydrogens is 447 g/mol. The van der Waals surface area contributed by atoms with Gasteiger partial charge in [-0.05, 0) is 48.4 Å². The third kappa shape index (κ3) is 4.85. The van der Waals surface area contributed by atoms with Crippen LogP contribution >= 0.6 is 0 Å². The van der Waals surface area contributed by atoms with Crippen molar-refractivity contribution in [2.75, 3.05) is 6.61 Å². The maximum Gasteiger partial charge on any atom is 0.253 e. The van der Waals surface area contributed by atoms with Gasteiger partial charge < -0.3 is 10.1 Å². The van der Waals surface area contributed by atoms with Crippen LogP contribution in [0.2, 0.25) is 0 Å². The maximum absolute atomic E-state index is 14.2. The number of nitrogens with zero attached hydrogens (tertiary/aromatic N) is 2. The number of aromatic amines is 1. The summed E-state index contributed by atoms with van der Waals surface area (Å²) in [6.45, 7) is 2.43. The Morgan fingerprint density at radius 1 is 1.09 bits per heavy atom. The number of nitrogens with one attached hydrogen (secondary N) is 2. The molecule has 2 aromatic heterocycles. The molecule has 2 aromatic carbocycles. The molecule has 2 heterocycles. The predicted octanol–water partition coefficient (Wildman–Crippen LogP) is 3.65. The number of hydrogen-bond donors (Lipinski definition) is 2. The first-order valence-electron chi connectivity index (χ1n) is 10.2. The van der Waals surface area contributed by atoms with E-state index in [1.54, 1.807) is 24.4 Å². The summed E-state index contributed by atoms with van der Waals surface area (Å²) in [7, 11) is -3.91. The molecule has 0 saturated heterocycles. The number of benzene rings is 2. The van der Waals surface area contributed by atoms with Crippen molar-refractivity contribution in [2.45, 2.75) is 29.7 Å². The quantitative estimate of drug-likeness (QED) is 0.408. The lowest BCUT2D eigenvalue weighted by Crippen LogP contribution is -2.22. The van der Waals surface area contributed by atoms with Crippen LogP contribution < -0.4 is 10.1 Å². The summed E-state index contributed by atoms with van der Waals surface area (Å²) in [6, 6.07) is 11.3. The van der Waals surface area contributed by atoms with Crippen molar-refractivity contribution in [3.63, 3.8) is 0 Å². The van der Waals surface area contributed by atoms with Crippen LogP contribution in [0.25, 0.3) is 11.0 Å². The Morgan fingerprint density at radius 2 is 1.85 bits per heavy atom. The van der Waals surface area contributed by atoms with Crippen molar-refractivity contribution in [3.05, 3.63) is 77.9 Å². The van der Waals surface area contributed by atoms with Gasteiger partial charge in [-0.1, -0.05) is 19.1 Å². The minimum absolute atomic E-state index is 0.0176. The molecular formula is C23H21FN4O4S. The van der Waals surface area contributed by atoms with Gasteiger partial charge in [0, 0.05) is 18.1 Å². The molecule has 0 aliphatic carbocycles. The Balaban J connectivity index is 1.43. The van der Waals surface area contributed by atoms with Crippen LogP contribution in [0.4, 0.5) is 4.39 Å². The molecule has 0 bridgehead atoms. The van der Waals surface area contributed by atoms with Crippen LogP contribution in [0.15, 0.2) is 70.7 Å². The first kappa shape index (κ1) is 22.4. The van der Waals surface area contributed by atoms with E-state index in [0.29, 0.717) is 29.8 Å². The molecule has 10 heteroatoms. The van der Waals surface area contributed by atoms with Crippen LogP contribution in [0.3, 0.4) is 0 Å². The molecule has 0 aliphatic heterocycles. The Kier molecular flexibility index (Phi) is 6.36. The summed E-state index contributed by atoms with van der Waals surface area (Å²) in [5, 5.41) is 10.1. The number of amides is 1. The number of carbonyl (C=O) groups is 1. The van der Waals surface area contributed by atoms with Gasteiger partial charge in [-0.3, -0.25) is 9.89 Å². The summed E-state index contributed by atoms with van der Waals surface area (Å²) in [5.74, 6) is -1.03. The number of sulfone groups is 1. The smallest absolute Gasteiger partial charge is 0.253 e. The summed E-state index contributed by atoms with van der Waals surface area (Å²) in [5.41, 5.74) is 1.68.